The number of carbonyl (C=O) groups excluding carboxylic acids is 1. The van der Waals surface area contributed by atoms with Crippen LogP contribution in [0, 0.1) is 13.8 Å². The van der Waals surface area contributed by atoms with E-state index < -0.39 is 0 Å². The Morgan fingerprint density at radius 1 is 1.17 bits per heavy atom. The molecule has 5 nitrogen and oxygen atoms in total. The van der Waals surface area contributed by atoms with Crippen molar-refractivity contribution in [3.05, 3.63) is 34.9 Å². The molecule has 1 fully saturated rings. The summed E-state index contributed by atoms with van der Waals surface area (Å²) in [5.41, 5.74) is 3.82. The summed E-state index contributed by atoms with van der Waals surface area (Å²) in [6.07, 6.45) is 0. The first-order chi connectivity index (χ1) is 11.0. The van der Waals surface area contributed by atoms with Crippen molar-refractivity contribution < 1.29 is 4.79 Å². The Labute approximate surface area is 162 Å². The summed E-state index contributed by atoms with van der Waals surface area (Å²) in [6.45, 7) is 12.7. The Morgan fingerprint density at radius 2 is 1.79 bits per heavy atom. The van der Waals surface area contributed by atoms with Gasteiger partial charge < -0.3 is 15.1 Å². The summed E-state index contributed by atoms with van der Waals surface area (Å²) in [5.74, 6) is 1.09. The van der Waals surface area contributed by atoms with Crippen LogP contribution in [0.2, 0.25) is 0 Å². The molecule has 1 saturated heterocycles. The van der Waals surface area contributed by atoms with Gasteiger partial charge in [-0.1, -0.05) is 23.8 Å². The highest BCUT2D eigenvalue weighted by Gasteiger charge is 2.20. The van der Waals surface area contributed by atoms with Gasteiger partial charge in [-0.15, -0.1) is 24.0 Å². The summed E-state index contributed by atoms with van der Waals surface area (Å²) in [5, 5.41) is 3.37. The topological polar surface area (TPSA) is 47.9 Å². The van der Waals surface area contributed by atoms with Gasteiger partial charge in [0.05, 0.1) is 6.54 Å². The predicted molar refractivity (Wildman–Crippen MR) is 110 cm³/mol. The maximum Gasteiger partial charge on any atom is 0.219 e. The van der Waals surface area contributed by atoms with E-state index >= 15 is 0 Å². The molecule has 1 N–H and O–H groups in total. The van der Waals surface area contributed by atoms with E-state index in [0.29, 0.717) is 6.54 Å². The predicted octanol–water partition coefficient (Wildman–Crippen LogP) is 2.55. The number of guanidine groups is 1. The SMILES string of the molecule is CCNC(=NCc1ccc(C)cc1C)N1CCN(C(C)=O)CC1.I. The first-order valence-electron chi connectivity index (χ1n) is 8.36. The molecule has 1 aliphatic rings. The second kappa shape index (κ2) is 9.86. The van der Waals surface area contributed by atoms with Crippen LogP contribution in [0.5, 0.6) is 0 Å². The normalized spacial score (nSPS) is 15.1. The molecule has 0 bridgehead atoms. The Morgan fingerprint density at radius 3 is 2.33 bits per heavy atom. The summed E-state index contributed by atoms with van der Waals surface area (Å²) < 4.78 is 0. The fourth-order valence-electron chi connectivity index (χ4n) is 2.84. The average Bonchev–Trinajstić information content (AvgIpc) is 2.53. The number of piperazine rings is 1. The minimum absolute atomic E-state index is 0. The van der Waals surface area contributed by atoms with Crippen LogP contribution < -0.4 is 5.32 Å². The molecule has 0 spiro atoms. The average molecular weight is 444 g/mol. The Kier molecular flexibility index (Phi) is 8.52. The molecule has 0 aliphatic carbocycles. The van der Waals surface area contributed by atoms with E-state index in [0.717, 1.165) is 38.7 Å². The number of nitrogens with one attached hydrogen (secondary N) is 1. The third-order valence-electron chi connectivity index (χ3n) is 4.26. The van der Waals surface area contributed by atoms with Gasteiger partial charge >= 0.3 is 0 Å². The Bertz CT molecular complexity index is 580. The zero-order valence-electron chi connectivity index (χ0n) is 15.1. The van der Waals surface area contributed by atoms with Crippen LogP contribution >= 0.6 is 24.0 Å². The summed E-state index contributed by atoms with van der Waals surface area (Å²) >= 11 is 0. The molecule has 0 saturated carbocycles. The van der Waals surface area contributed by atoms with E-state index in [9.17, 15) is 4.79 Å². The molecule has 2 rings (SSSR count). The molecule has 0 unspecified atom stereocenters. The number of hydrogen-bond acceptors (Lipinski definition) is 2. The molecule has 6 heteroatoms. The lowest BCUT2D eigenvalue weighted by atomic mass is 10.1. The molecule has 0 aromatic heterocycles. The fourth-order valence-corrected chi connectivity index (χ4v) is 2.84. The van der Waals surface area contributed by atoms with E-state index in [-0.39, 0.29) is 29.9 Å². The summed E-state index contributed by atoms with van der Waals surface area (Å²) in [7, 11) is 0. The largest absolute Gasteiger partial charge is 0.357 e. The quantitative estimate of drug-likeness (QED) is 0.443. The maximum absolute atomic E-state index is 11.4. The van der Waals surface area contributed by atoms with Crippen molar-refractivity contribution in [1.82, 2.24) is 15.1 Å². The number of aliphatic imine (C=N–C) groups is 1. The molecule has 1 amide bonds. The highest BCUT2D eigenvalue weighted by molar-refractivity contribution is 14.0. The zero-order chi connectivity index (χ0) is 16.8. The van der Waals surface area contributed by atoms with E-state index in [2.05, 4.69) is 49.2 Å². The lowest BCUT2D eigenvalue weighted by Crippen LogP contribution is -2.53. The summed E-state index contributed by atoms with van der Waals surface area (Å²) in [6, 6.07) is 6.49. The van der Waals surface area contributed by atoms with Gasteiger partial charge in [0, 0.05) is 39.6 Å². The van der Waals surface area contributed by atoms with Crippen LogP contribution in [0.3, 0.4) is 0 Å². The second-order valence-corrected chi connectivity index (χ2v) is 6.09. The van der Waals surface area contributed by atoms with E-state index in [1.807, 2.05) is 4.90 Å². The number of amides is 1. The third kappa shape index (κ3) is 5.65. The molecule has 24 heavy (non-hydrogen) atoms. The molecule has 1 aromatic carbocycles. The van der Waals surface area contributed by atoms with Gasteiger partial charge in [-0.05, 0) is 31.9 Å². The lowest BCUT2D eigenvalue weighted by molar-refractivity contribution is -0.130. The molecule has 134 valence electrons. The van der Waals surface area contributed by atoms with E-state index in [1.165, 1.54) is 16.7 Å². The van der Waals surface area contributed by atoms with Crippen molar-refractivity contribution in [3.63, 3.8) is 0 Å². The van der Waals surface area contributed by atoms with Gasteiger partial charge in [-0.3, -0.25) is 4.79 Å². The van der Waals surface area contributed by atoms with Gasteiger partial charge in [0.1, 0.15) is 0 Å². The summed E-state index contributed by atoms with van der Waals surface area (Å²) in [4.78, 5) is 20.4. The standard InChI is InChI=1S/C18H28N4O.HI/c1-5-19-18(22-10-8-21(9-11-22)16(4)23)20-13-17-7-6-14(2)12-15(17)3;/h6-7,12H,5,8-11,13H2,1-4H3,(H,19,20);1H. The molecule has 0 radical (unpaired) electrons. The number of halogens is 1. The minimum Gasteiger partial charge on any atom is -0.357 e. The number of aryl methyl sites for hydroxylation is 2. The van der Waals surface area contributed by atoms with Gasteiger partial charge in [0.25, 0.3) is 0 Å². The first kappa shape index (κ1) is 20.7. The van der Waals surface area contributed by atoms with Gasteiger partial charge in [0.2, 0.25) is 5.91 Å². The molecular formula is C18H29IN4O. The van der Waals surface area contributed by atoms with Crippen LogP contribution in [0.4, 0.5) is 0 Å². The van der Waals surface area contributed by atoms with Gasteiger partial charge in [-0.2, -0.15) is 0 Å². The second-order valence-electron chi connectivity index (χ2n) is 6.09. The molecule has 1 aliphatic heterocycles. The van der Waals surface area contributed by atoms with Crippen molar-refractivity contribution in [2.45, 2.75) is 34.2 Å². The lowest BCUT2D eigenvalue weighted by Gasteiger charge is -2.36. The smallest absolute Gasteiger partial charge is 0.219 e. The third-order valence-corrected chi connectivity index (χ3v) is 4.26. The first-order valence-corrected chi connectivity index (χ1v) is 8.36. The minimum atomic E-state index is 0. The number of nitrogens with zero attached hydrogens (tertiary/aromatic N) is 3. The van der Waals surface area contributed by atoms with Crippen LogP contribution in [-0.2, 0) is 11.3 Å². The monoisotopic (exact) mass is 444 g/mol. The highest BCUT2D eigenvalue weighted by atomic mass is 127. The zero-order valence-corrected chi connectivity index (χ0v) is 17.5. The van der Waals surface area contributed by atoms with Crippen LogP contribution in [0.25, 0.3) is 0 Å². The Hall–Kier alpha value is -1.31. The van der Waals surface area contributed by atoms with Crippen LogP contribution in [0.15, 0.2) is 23.2 Å². The van der Waals surface area contributed by atoms with Crippen molar-refractivity contribution in [2.24, 2.45) is 4.99 Å². The number of carbonyl (C=O) groups is 1. The highest BCUT2D eigenvalue weighted by Crippen LogP contribution is 2.12. The van der Waals surface area contributed by atoms with Crippen molar-refractivity contribution >= 4 is 35.8 Å². The molecule has 1 aromatic rings. The van der Waals surface area contributed by atoms with Crippen LogP contribution in [-0.4, -0.2) is 54.4 Å². The molecule has 1 heterocycles. The maximum atomic E-state index is 11.4. The van der Waals surface area contributed by atoms with Gasteiger partial charge in [-0.25, -0.2) is 4.99 Å². The molecular weight excluding hydrogens is 415 g/mol. The van der Waals surface area contributed by atoms with Crippen molar-refractivity contribution in [1.29, 1.82) is 0 Å². The Balaban J connectivity index is 0.00000288. The van der Waals surface area contributed by atoms with Crippen LogP contribution in [0.1, 0.15) is 30.5 Å². The van der Waals surface area contributed by atoms with E-state index in [4.69, 9.17) is 4.99 Å². The van der Waals surface area contributed by atoms with E-state index in [1.54, 1.807) is 6.92 Å². The van der Waals surface area contributed by atoms with Gasteiger partial charge in [0.15, 0.2) is 5.96 Å². The fraction of sp³-hybridized carbons (Fsp3) is 0.556. The molecule has 0 atom stereocenters. The van der Waals surface area contributed by atoms with Crippen molar-refractivity contribution in [3.8, 4) is 0 Å². The number of hydrogen-bond donors (Lipinski definition) is 1. The number of benzene rings is 1. The van der Waals surface area contributed by atoms with Crippen molar-refractivity contribution in [2.75, 3.05) is 32.7 Å². The number of rotatable bonds is 3.